The van der Waals surface area contributed by atoms with Gasteiger partial charge in [0.15, 0.2) is 5.82 Å². The highest BCUT2D eigenvalue weighted by Gasteiger charge is 2.03. The lowest BCUT2D eigenvalue weighted by atomic mass is 10.2. The fourth-order valence-electron chi connectivity index (χ4n) is 0.942. The molecule has 0 radical (unpaired) electrons. The molecule has 0 amide bonds. The Kier molecular flexibility index (Phi) is 3.93. The van der Waals surface area contributed by atoms with Crippen LogP contribution < -0.4 is 5.32 Å². The molecule has 5 nitrogen and oxygen atoms in total. The van der Waals surface area contributed by atoms with E-state index in [2.05, 4.69) is 26.0 Å². The van der Waals surface area contributed by atoms with Crippen molar-refractivity contribution >= 4 is 0 Å². The van der Waals surface area contributed by atoms with E-state index in [1.165, 1.54) is 6.39 Å². The van der Waals surface area contributed by atoms with Crippen LogP contribution in [0.15, 0.2) is 10.9 Å². The second-order valence-electron chi connectivity index (χ2n) is 2.64. The minimum absolute atomic E-state index is 0.0769. The summed E-state index contributed by atoms with van der Waals surface area (Å²) < 4.78 is 4.57. The molecular weight excluding hydrogens is 168 g/mol. The predicted molar refractivity (Wildman–Crippen MR) is 45.7 cm³/mol. The van der Waals surface area contributed by atoms with Gasteiger partial charge in [-0.2, -0.15) is 10.2 Å². The van der Waals surface area contributed by atoms with Gasteiger partial charge in [-0.25, -0.2) is 0 Å². The summed E-state index contributed by atoms with van der Waals surface area (Å²) in [6.07, 6.45) is 2.80. The number of nitriles is 1. The summed E-state index contributed by atoms with van der Waals surface area (Å²) in [7, 11) is 0. The molecule has 1 aromatic rings. The zero-order valence-corrected chi connectivity index (χ0v) is 7.53. The smallest absolute Gasteiger partial charge is 0.213 e. The van der Waals surface area contributed by atoms with Crippen LogP contribution in [0.25, 0.3) is 0 Å². The summed E-state index contributed by atoms with van der Waals surface area (Å²) in [4.78, 5) is 3.86. The van der Waals surface area contributed by atoms with E-state index in [0.29, 0.717) is 18.8 Å². The fraction of sp³-hybridized carbons (Fsp3) is 0.625. The number of rotatable bonds is 5. The highest BCUT2D eigenvalue weighted by atomic mass is 16.5. The summed E-state index contributed by atoms with van der Waals surface area (Å²) in [5.41, 5.74) is 0. The Labute approximate surface area is 76.7 Å². The monoisotopic (exact) mass is 180 g/mol. The number of hydrogen-bond donors (Lipinski definition) is 1. The maximum Gasteiger partial charge on any atom is 0.213 e. The normalized spacial score (nSPS) is 12.3. The zero-order valence-electron chi connectivity index (χ0n) is 7.53. The molecule has 0 saturated carbocycles. The Morgan fingerprint density at radius 2 is 2.62 bits per heavy atom. The van der Waals surface area contributed by atoms with Crippen molar-refractivity contribution in [2.24, 2.45) is 0 Å². The molecule has 70 valence electrons. The molecule has 0 bridgehead atoms. The van der Waals surface area contributed by atoms with E-state index >= 15 is 0 Å². The van der Waals surface area contributed by atoms with E-state index < -0.39 is 0 Å². The van der Waals surface area contributed by atoms with Gasteiger partial charge in [0.2, 0.25) is 6.39 Å². The summed E-state index contributed by atoms with van der Waals surface area (Å²) in [5, 5.41) is 15.4. The first-order chi connectivity index (χ1) is 6.36. The highest BCUT2D eigenvalue weighted by molar-refractivity contribution is 4.89. The van der Waals surface area contributed by atoms with Gasteiger partial charge < -0.3 is 9.84 Å². The third-order valence-corrected chi connectivity index (χ3v) is 1.71. The largest absolute Gasteiger partial charge is 0.343 e. The number of hydrogen-bond acceptors (Lipinski definition) is 5. The minimum Gasteiger partial charge on any atom is -0.343 e. The molecule has 0 aromatic carbocycles. The average Bonchev–Trinajstić information content (AvgIpc) is 2.65. The van der Waals surface area contributed by atoms with Crippen LogP contribution in [0.1, 0.15) is 19.2 Å². The number of aromatic nitrogens is 2. The van der Waals surface area contributed by atoms with E-state index in [4.69, 9.17) is 5.26 Å². The van der Waals surface area contributed by atoms with Crippen LogP contribution >= 0.6 is 0 Å². The van der Waals surface area contributed by atoms with Crippen molar-refractivity contribution in [3.63, 3.8) is 0 Å². The van der Waals surface area contributed by atoms with E-state index in [-0.39, 0.29) is 6.04 Å². The van der Waals surface area contributed by atoms with Gasteiger partial charge in [0.1, 0.15) is 0 Å². The van der Waals surface area contributed by atoms with E-state index in [0.717, 1.165) is 6.42 Å². The number of nitrogens with one attached hydrogen (secondary N) is 1. The Hall–Kier alpha value is -1.41. The van der Waals surface area contributed by atoms with E-state index in [1.54, 1.807) is 0 Å². The standard InChI is InChI=1S/C8H12N4O/c1-2-7(5-9)10-4-3-8-11-6-13-12-8/h6-7,10H,2-4H2,1H3. The van der Waals surface area contributed by atoms with Gasteiger partial charge in [-0.1, -0.05) is 12.1 Å². The minimum atomic E-state index is -0.0769. The summed E-state index contributed by atoms with van der Waals surface area (Å²) in [6.45, 7) is 2.67. The lowest BCUT2D eigenvalue weighted by Gasteiger charge is -2.06. The van der Waals surface area contributed by atoms with Gasteiger partial charge in [-0.3, -0.25) is 0 Å². The summed E-state index contributed by atoms with van der Waals surface area (Å²) in [5.74, 6) is 0.667. The molecule has 1 heterocycles. The molecule has 0 aliphatic rings. The molecule has 0 spiro atoms. The van der Waals surface area contributed by atoms with E-state index in [1.807, 2.05) is 6.92 Å². The first-order valence-electron chi connectivity index (χ1n) is 4.25. The van der Waals surface area contributed by atoms with Crippen LogP contribution in [0.3, 0.4) is 0 Å². The van der Waals surface area contributed by atoms with Crippen molar-refractivity contribution in [1.29, 1.82) is 5.26 Å². The van der Waals surface area contributed by atoms with Crippen molar-refractivity contribution in [1.82, 2.24) is 15.5 Å². The Bertz CT molecular complexity index is 264. The van der Waals surface area contributed by atoms with E-state index in [9.17, 15) is 0 Å². The highest BCUT2D eigenvalue weighted by Crippen LogP contribution is 1.91. The first-order valence-corrected chi connectivity index (χ1v) is 4.25. The van der Waals surface area contributed by atoms with Crippen molar-refractivity contribution in [2.75, 3.05) is 6.54 Å². The Morgan fingerprint density at radius 3 is 3.15 bits per heavy atom. The van der Waals surface area contributed by atoms with Gasteiger partial charge in [0, 0.05) is 13.0 Å². The zero-order chi connectivity index (χ0) is 9.52. The SMILES string of the molecule is CCC(C#N)NCCc1ncon1. The van der Waals surface area contributed by atoms with Crippen LogP contribution in [-0.2, 0) is 6.42 Å². The van der Waals surface area contributed by atoms with Crippen LogP contribution in [0.2, 0.25) is 0 Å². The fourth-order valence-corrected chi connectivity index (χ4v) is 0.942. The second kappa shape index (κ2) is 5.27. The van der Waals surface area contributed by atoms with Gasteiger partial charge in [0.25, 0.3) is 0 Å². The molecule has 1 N–H and O–H groups in total. The predicted octanol–water partition coefficient (Wildman–Crippen LogP) is 0.504. The molecule has 1 unspecified atom stereocenters. The van der Waals surface area contributed by atoms with Crippen molar-refractivity contribution in [2.45, 2.75) is 25.8 Å². The Morgan fingerprint density at radius 1 is 1.77 bits per heavy atom. The molecule has 0 aliphatic carbocycles. The maximum atomic E-state index is 8.62. The molecule has 1 aromatic heterocycles. The summed E-state index contributed by atoms with van der Waals surface area (Å²) in [6, 6.07) is 2.08. The molecular formula is C8H12N4O. The van der Waals surface area contributed by atoms with Crippen LogP contribution in [0, 0.1) is 11.3 Å². The van der Waals surface area contributed by atoms with Gasteiger partial charge in [-0.05, 0) is 6.42 Å². The maximum absolute atomic E-state index is 8.62. The second-order valence-corrected chi connectivity index (χ2v) is 2.64. The quantitative estimate of drug-likeness (QED) is 0.714. The number of nitrogens with zero attached hydrogens (tertiary/aromatic N) is 3. The van der Waals surface area contributed by atoms with Crippen LogP contribution in [0.5, 0.6) is 0 Å². The molecule has 0 aliphatic heterocycles. The third-order valence-electron chi connectivity index (χ3n) is 1.71. The average molecular weight is 180 g/mol. The molecule has 5 heteroatoms. The van der Waals surface area contributed by atoms with Gasteiger partial charge >= 0.3 is 0 Å². The van der Waals surface area contributed by atoms with Crippen molar-refractivity contribution in [3.05, 3.63) is 12.2 Å². The lowest BCUT2D eigenvalue weighted by molar-refractivity contribution is 0.408. The Balaban J connectivity index is 2.18. The molecule has 1 atom stereocenters. The first kappa shape index (κ1) is 9.68. The molecule has 0 fully saturated rings. The van der Waals surface area contributed by atoms with Crippen molar-refractivity contribution < 1.29 is 4.52 Å². The third kappa shape index (κ3) is 3.22. The van der Waals surface area contributed by atoms with Crippen LogP contribution in [0.4, 0.5) is 0 Å². The van der Waals surface area contributed by atoms with Crippen LogP contribution in [-0.4, -0.2) is 22.7 Å². The van der Waals surface area contributed by atoms with Gasteiger partial charge in [0.05, 0.1) is 12.1 Å². The molecule has 0 saturated heterocycles. The lowest BCUT2D eigenvalue weighted by Crippen LogP contribution is -2.28. The van der Waals surface area contributed by atoms with Gasteiger partial charge in [-0.15, -0.1) is 0 Å². The van der Waals surface area contributed by atoms with Crippen molar-refractivity contribution in [3.8, 4) is 6.07 Å². The molecule has 1 rings (SSSR count). The molecule has 13 heavy (non-hydrogen) atoms. The topological polar surface area (TPSA) is 74.7 Å². The summed E-state index contributed by atoms with van der Waals surface area (Å²) >= 11 is 0.